The second kappa shape index (κ2) is 7.53. The van der Waals surface area contributed by atoms with Gasteiger partial charge in [-0.05, 0) is 13.5 Å². The number of benzene rings is 1. The van der Waals surface area contributed by atoms with Gasteiger partial charge in [-0.3, -0.25) is 0 Å². The molecule has 0 unspecified atom stereocenters. The first-order valence-corrected chi connectivity index (χ1v) is 8.96. The predicted octanol–water partition coefficient (Wildman–Crippen LogP) is 0.771. The Labute approximate surface area is 149 Å². The zero-order chi connectivity index (χ0) is 17.8. The zero-order valence-corrected chi connectivity index (χ0v) is 15.0. The van der Waals surface area contributed by atoms with Gasteiger partial charge in [-0.25, -0.2) is 4.79 Å². The minimum absolute atomic E-state index is 0.289. The number of fused-ring (bicyclic) bond motifs is 1. The Morgan fingerprint density at radius 3 is 2.56 bits per heavy atom. The van der Waals surface area contributed by atoms with Crippen LogP contribution in [0.5, 0.6) is 0 Å². The topological polar surface area (TPSA) is 61.6 Å². The summed E-state index contributed by atoms with van der Waals surface area (Å²) in [5.41, 5.74) is 1.86. The molecular weight excluding hydrogens is 338 g/mol. The van der Waals surface area contributed by atoms with Crippen LogP contribution in [0.1, 0.15) is 34.6 Å². The van der Waals surface area contributed by atoms with E-state index in [1.165, 1.54) is 0 Å². The summed E-state index contributed by atoms with van der Waals surface area (Å²) in [6.45, 7) is 4.76. The van der Waals surface area contributed by atoms with E-state index in [1.54, 1.807) is 13.8 Å². The van der Waals surface area contributed by atoms with Gasteiger partial charge in [0.2, 0.25) is 0 Å². The minimum atomic E-state index is -0.412. The third-order valence-electron chi connectivity index (χ3n) is 3.70. The van der Waals surface area contributed by atoms with E-state index >= 15 is 0 Å². The van der Waals surface area contributed by atoms with Crippen LogP contribution < -0.4 is 14.9 Å². The monoisotopic (exact) mass is 357 g/mol. The van der Waals surface area contributed by atoms with E-state index in [9.17, 15) is 9.90 Å². The lowest BCUT2D eigenvalue weighted by molar-refractivity contribution is -0.431. The average molecular weight is 357 g/mol. The number of ether oxygens (including phenoxy) is 2. The summed E-state index contributed by atoms with van der Waals surface area (Å²) in [5, 5.41) is 13.0. The van der Waals surface area contributed by atoms with E-state index in [1.807, 2.05) is 47.3 Å². The van der Waals surface area contributed by atoms with E-state index in [-0.39, 0.29) is 13.2 Å². The molecule has 0 bridgehead atoms. The minimum Gasteiger partial charge on any atom is -0.613 e. The predicted molar refractivity (Wildman–Crippen MR) is 94.6 cm³/mol. The van der Waals surface area contributed by atoms with Crippen molar-refractivity contribution in [1.82, 2.24) is 0 Å². The molecule has 0 fully saturated rings. The quantitative estimate of drug-likeness (QED) is 0.566. The lowest BCUT2D eigenvalue weighted by Gasteiger charge is -2.10. The van der Waals surface area contributed by atoms with Crippen molar-refractivity contribution < 1.29 is 24.0 Å². The standard InChI is InChI=1S/C19H19NO4S/c1-3-23-18(21)16-14-11-20(10-13-8-6-5-7-9-13)12-15(14)17(25-16)19(22)24-4-2/h5-9,11-12H,3-4,10H2,1-2H3. The number of rotatable bonds is 6. The van der Waals surface area contributed by atoms with Crippen molar-refractivity contribution in [3.63, 3.8) is 0 Å². The third-order valence-corrected chi connectivity index (χ3v) is 4.88. The molecule has 2 aromatic rings. The smallest absolute Gasteiger partial charge is 0.349 e. The Balaban J connectivity index is 2.06. The maximum absolute atomic E-state index is 12.2. The summed E-state index contributed by atoms with van der Waals surface area (Å²) in [7, 11) is 0. The Kier molecular flexibility index (Phi) is 5.19. The molecule has 0 amide bonds. The van der Waals surface area contributed by atoms with E-state index in [0.717, 1.165) is 27.7 Å². The van der Waals surface area contributed by atoms with Gasteiger partial charge < -0.3 is 14.6 Å². The Morgan fingerprint density at radius 1 is 1.16 bits per heavy atom. The fourth-order valence-corrected chi connectivity index (χ4v) is 3.70. The lowest BCUT2D eigenvalue weighted by atomic mass is 10.2. The lowest BCUT2D eigenvalue weighted by Crippen LogP contribution is -2.28. The largest absolute Gasteiger partial charge is 0.613 e. The highest BCUT2D eigenvalue weighted by Gasteiger charge is 2.25. The molecule has 0 saturated carbocycles. The van der Waals surface area contributed by atoms with Gasteiger partial charge in [0.05, 0.1) is 27.9 Å². The van der Waals surface area contributed by atoms with Gasteiger partial charge in [-0.15, -0.1) is 11.3 Å². The van der Waals surface area contributed by atoms with Gasteiger partial charge in [-0.2, -0.15) is 4.58 Å². The number of thiophene rings is 1. The van der Waals surface area contributed by atoms with E-state index in [4.69, 9.17) is 9.47 Å². The first-order chi connectivity index (χ1) is 12.1. The summed E-state index contributed by atoms with van der Waals surface area (Å²) in [4.78, 5) is 12.7. The zero-order valence-electron chi connectivity index (χ0n) is 14.2. The third kappa shape index (κ3) is 3.58. The highest BCUT2D eigenvalue weighted by atomic mass is 32.1. The first kappa shape index (κ1) is 17.2. The van der Waals surface area contributed by atoms with Gasteiger partial charge >= 0.3 is 5.97 Å². The molecule has 130 valence electrons. The van der Waals surface area contributed by atoms with Crippen LogP contribution in [-0.4, -0.2) is 30.0 Å². The Morgan fingerprint density at radius 2 is 1.88 bits per heavy atom. The van der Waals surface area contributed by atoms with Crippen molar-refractivity contribution >= 4 is 35.7 Å². The maximum Gasteiger partial charge on any atom is 0.349 e. The molecule has 25 heavy (non-hydrogen) atoms. The molecule has 1 aromatic carbocycles. The molecule has 3 rings (SSSR count). The van der Waals surface area contributed by atoms with Crippen LogP contribution in [0.4, 0.5) is 0 Å². The normalized spacial score (nSPS) is 13.6. The number of carbonyl (C=O) groups is 1. The van der Waals surface area contributed by atoms with Crippen LogP contribution in [0.2, 0.25) is 0 Å². The molecular formula is C19H19NO4S. The highest BCUT2D eigenvalue weighted by Crippen LogP contribution is 2.13. The van der Waals surface area contributed by atoms with Gasteiger partial charge in [0.15, 0.2) is 19.0 Å². The van der Waals surface area contributed by atoms with E-state index < -0.39 is 11.9 Å². The fraction of sp³-hybridized carbons (Fsp3) is 0.263. The summed E-state index contributed by atoms with van der Waals surface area (Å²) in [5.74, 6) is -0.823. The molecule has 0 N–H and O–H groups in total. The number of hydrogen-bond acceptors (Lipinski definition) is 5. The number of hydrogen-bond donors (Lipinski definition) is 0. The summed E-state index contributed by atoms with van der Waals surface area (Å²) < 4.78 is 12.7. The van der Waals surface area contributed by atoms with Crippen molar-refractivity contribution in [2.45, 2.75) is 20.4 Å². The molecule has 1 aromatic heterocycles. The molecule has 1 aliphatic rings. The second-order valence-electron chi connectivity index (χ2n) is 5.44. The number of carbonyl (C=O) groups excluding carboxylic acids is 1. The fourth-order valence-electron chi connectivity index (χ4n) is 2.66. The number of nitrogens with zero attached hydrogens (tertiary/aromatic N) is 1. The molecule has 2 heterocycles. The van der Waals surface area contributed by atoms with Crippen LogP contribution in [-0.2, 0) is 16.0 Å². The first-order valence-electron chi connectivity index (χ1n) is 8.14. The molecule has 5 nitrogen and oxygen atoms in total. The van der Waals surface area contributed by atoms with Gasteiger partial charge in [0.1, 0.15) is 4.88 Å². The van der Waals surface area contributed by atoms with Gasteiger partial charge in [0.25, 0.3) is 0 Å². The van der Waals surface area contributed by atoms with E-state index in [0.29, 0.717) is 16.0 Å². The maximum atomic E-state index is 12.2. The van der Waals surface area contributed by atoms with Crippen molar-refractivity contribution in [3.8, 4) is 0 Å². The summed E-state index contributed by atoms with van der Waals surface area (Å²) >= 11 is 1.13. The Bertz CT molecular complexity index is 928. The summed E-state index contributed by atoms with van der Waals surface area (Å²) in [6.07, 6.45) is 3.77. The van der Waals surface area contributed by atoms with Crippen molar-refractivity contribution in [3.05, 3.63) is 56.1 Å². The molecule has 0 radical (unpaired) electrons. The van der Waals surface area contributed by atoms with Crippen molar-refractivity contribution in [2.24, 2.45) is 0 Å². The molecule has 0 saturated heterocycles. The van der Waals surface area contributed by atoms with Crippen molar-refractivity contribution in [2.75, 3.05) is 13.2 Å². The van der Waals surface area contributed by atoms with Gasteiger partial charge in [-0.1, -0.05) is 37.3 Å². The van der Waals surface area contributed by atoms with Crippen molar-refractivity contribution in [1.29, 1.82) is 0 Å². The van der Waals surface area contributed by atoms with Crippen LogP contribution in [0.3, 0.4) is 0 Å². The van der Waals surface area contributed by atoms with Crippen LogP contribution in [0, 0.1) is 0 Å². The molecule has 0 aliphatic carbocycles. The Hall–Kier alpha value is -2.60. The van der Waals surface area contributed by atoms with Crippen LogP contribution in [0.15, 0.2) is 30.3 Å². The molecule has 0 spiro atoms. The number of esters is 1. The van der Waals surface area contributed by atoms with Gasteiger partial charge in [0, 0.05) is 5.56 Å². The summed E-state index contributed by atoms with van der Waals surface area (Å²) in [6, 6.07) is 10.00. The molecule has 0 atom stereocenters. The molecule has 6 heteroatoms. The average Bonchev–Trinajstić information content (AvgIpc) is 3.14. The second-order valence-corrected chi connectivity index (χ2v) is 6.47. The van der Waals surface area contributed by atoms with Crippen LogP contribution in [0.25, 0.3) is 12.1 Å². The SMILES string of the molecule is CCOC(=O)c1s/c(=C(/[O-])OCC)c2c1C=[N+](Cc1ccccc1)C=2. The molecule has 1 aliphatic heterocycles. The van der Waals surface area contributed by atoms with Crippen LogP contribution >= 0.6 is 11.3 Å². The van der Waals surface area contributed by atoms with E-state index in [2.05, 4.69) is 0 Å². The highest BCUT2D eigenvalue weighted by molar-refractivity contribution is 7.12.